The van der Waals surface area contributed by atoms with Crippen LogP contribution in [0.5, 0.6) is 0 Å². The fourth-order valence-corrected chi connectivity index (χ4v) is 4.84. The van der Waals surface area contributed by atoms with Crippen molar-refractivity contribution in [2.75, 3.05) is 6.26 Å². The highest BCUT2D eigenvalue weighted by Gasteiger charge is 2.10. The van der Waals surface area contributed by atoms with Crippen LogP contribution in [0.3, 0.4) is 0 Å². The molecule has 0 saturated heterocycles. The number of hydrogen-bond acceptors (Lipinski definition) is 4. The van der Waals surface area contributed by atoms with Crippen LogP contribution in [0.25, 0.3) is 0 Å². The van der Waals surface area contributed by atoms with Crippen molar-refractivity contribution in [2.45, 2.75) is 9.79 Å². The van der Waals surface area contributed by atoms with Gasteiger partial charge in [-0.05, 0) is 60.2 Å². The molecule has 0 aliphatic carbocycles. The van der Waals surface area contributed by atoms with Crippen LogP contribution in [0.15, 0.2) is 110 Å². The van der Waals surface area contributed by atoms with Gasteiger partial charge in [0.2, 0.25) is 0 Å². The zero-order valence-corrected chi connectivity index (χ0v) is 17.2. The lowest BCUT2D eigenvalue weighted by Crippen LogP contribution is -1.94. The summed E-state index contributed by atoms with van der Waals surface area (Å²) in [4.78, 5) is 8.07. The molecule has 0 aliphatic heterocycles. The predicted molar refractivity (Wildman–Crippen MR) is 120 cm³/mol. The molecule has 27 heavy (non-hydrogen) atoms. The third-order valence-corrected chi connectivity index (χ3v) is 6.43. The fraction of sp³-hybridized carbons (Fsp3) is 0.0455. The first-order chi connectivity index (χ1) is 13.2. The molecule has 136 valence electrons. The summed E-state index contributed by atoms with van der Waals surface area (Å²) in [7, 11) is 0. The Morgan fingerprint density at radius 3 is 2.07 bits per heavy atom. The third-order valence-electron chi connectivity index (χ3n) is 3.49. The van der Waals surface area contributed by atoms with E-state index >= 15 is 0 Å². The second-order valence-corrected chi connectivity index (χ2v) is 8.28. The second-order valence-electron chi connectivity index (χ2n) is 5.43. The van der Waals surface area contributed by atoms with Crippen LogP contribution in [0.1, 0.15) is 0 Å². The molecule has 0 aliphatic rings. The summed E-state index contributed by atoms with van der Waals surface area (Å²) in [6.45, 7) is 0. The molecule has 0 spiro atoms. The number of thioether (sulfide) groups is 3. The van der Waals surface area contributed by atoms with E-state index < -0.39 is 0 Å². The topological polar surface area (TPSA) is 12.4 Å². The predicted octanol–water partition coefficient (Wildman–Crippen LogP) is 7.64. The minimum atomic E-state index is -0.223. The summed E-state index contributed by atoms with van der Waals surface area (Å²) in [5, 5.41) is 3.02. The second kappa shape index (κ2) is 10.4. The van der Waals surface area contributed by atoms with Crippen LogP contribution in [0.4, 0.5) is 10.1 Å². The maximum atomic E-state index is 13.1. The van der Waals surface area contributed by atoms with E-state index in [1.165, 1.54) is 12.1 Å². The molecule has 0 unspecified atom stereocenters. The van der Waals surface area contributed by atoms with Crippen LogP contribution in [-0.4, -0.2) is 11.3 Å². The molecule has 0 aromatic heterocycles. The zero-order valence-electron chi connectivity index (χ0n) is 14.7. The van der Waals surface area contributed by atoms with Crippen LogP contribution >= 0.6 is 35.3 Å². The van der Waals surface area contributed by atoms with Crippen LogP contribution in [-0.2, 0) is 0 Å². The van der Waals surface area contributed by atoms with Crippen molar-refractivity contribution in [3.05, 3.63) is 101 Å². The maximum Gasteiger partial charge on any atom is 0.123 e. The number of nitrogens with zero attached hydrogens (tertiary/aromatic N) is 1. The summed E-state index contributed by atoms with van der Waals surface area (Å²) < 4.78 is 13.1. The lowest BCUT2D eigenvalue weighted by atomic mass is 10.3. The molecule has 0 atom stereocenters. The van der Waals surface area contributed by atoms with Gasteiger partial charge in [0, 0.05) is 14.7 Å². The summed E-state index contributed by atoms with van der Waals surface area (Å²) in [6, 6.07) is 26.7. The van der Waals surface area contributed by atoms with Gasteiger partial charge in [0.05, 0.1) is 5.69 Å². The van der Waals surface area contributed by atoms with Gasteiger partial charge in [-0.25, -0.2) is 9.38 Å². The molecule has 3 aromatic carbocycles. The smallest absolute Gasteiger partial charge is 0.123 e. The monoisotopic (exact) mass is 411 g/mol. The Kier molecular flexibility index (Phi) is 7.63. The molecule has 0 bridgehead atoms. The summed E-state index contributed by atoms with van der Waals surface area (Å²) in [6.07, 6.45) is 2.04. The number of para-hydroxylation sites is 1. The van der Waals surface area contributed by atoms with Gasteiger partial charge in [-0.1, -0.05) is 59.9 Å². The first-order valence-corrected chi connectivity index (χ1v) is 11.2. The molecule has 3 rings (SSSR count). The normalized spacial score (nSPS) is 12.2. The molecule has 0 radical (unpaired) electrons. The van der Waals surface area contributed by atoms with E-state index in [0.29, 0.717) is 0 Å². The first-order valence-electron chi connectivity index (χ1n) is 8.28. The molecule has 0 N–H and O–H groups in total. The quantitative estimate of drug-likeness (QED) is 0.235. The Labute approximate surface area is 172 Å². The van der Waals surface area contributed by atoms with Gasteiger partial charge >= 0.3 is 0 Å². The van der Waals surface area contributed by atoms with E-state index in [9.17, 15) is 4.39 Å². The van der Waals surface area contributed by atoms with Crippen LogP contribution < -0.4 is 0 Å². The first kappa shape index (κ1) is 19.8. The molecule has 5 heteroatoms. The highest BCUT2D eigenvalue weighted by atomic mass is 32.2. The third kappa shape index (κ3) is 6.31. The summed E-state index contributed by atoms with van der Waals surface area (Å²) in [5.41, 5.74) is 0.919. The minimum absolute atomic E-state index is 0.223. The average Bonchev–Trinajstić information content (AvgIpc) is 2.71. The maximum absolute atomic E-state index is 13.1. The summed E-state index contributed by atoms with van der Waals surface area (Å²) in [5.74, 6) is -0.223. The summed E-state index contributed by atoms with van der Waals surface area (Å²) >= 11 is 4.86. The number of benzene rings is 3. The highest BCUT2D eigenvalue weighted by Crippen LogP contribution is 2.33. The van der Waals surface area contributed by atoms with Gasteiger partial charge in [0.25, 0.3) is 0 Å². The van der Waals surface area contributed by atoms with Crippen molar-refractivity contribution < 1.29 is 4.39 Å². The average molecular weight is 412 g/mol. The standard InChI is InChI=1S/C22H18FNS3/c1-25-21(16-26-19-14-12-17(23)13-15-19)22(24-18-8-4-2-5-9-18)27-20-10-6-3-7-11-20/h2-16H,1H3. The molecule has 1 nitrogen and oxygen atoms in total. The van der Waals surface area contributed by atoms with E-state index in [1.807, 2.05) is 54.8 Å². The van der Waals surface area contributed by atoms with E-state index in [4.69, 9.17) is 4.99 Å². The lowest BCUT2D eigenvalue weighted by Gasteiger charge is -2.09. The van der Waals surface area contributed by atoms with Crippen molar-refractivity contribution in [3.63, 3.8) is 0 Å². The van der Waals surface area contributed by atoms with Gasteiger partial charge in [-0.2, -0.15) is 0 Å². The van der Waals surface area contributed by atoms with Crippen LogP contribution in [0, 0.1) is 5.82 Å². The van der Waals surface area contributed by atoms with E-state index in [1.54, 1.807) is 47.4 Å². The van der Waals surface area contributed by atoms with Crippen molar-refractivity contribution in [2.24, 2.45) is 4.99 Å². The van der Waals surface area contributed by atoms with Gasteiger partial charge < -0.3 is 0 Å². The molecule has 3 aromatic rings. The van der Waals surface area contributed by atoms with Gasteiger partial charge in [0.1, 0.15) is 10.9 Å². The minimum Gasteiger partial charge on any atom is -0.241 e. The molecule has 0 amide bonds. The van der Waals surface area contributed by atoms with E-state index in [0.717, 1.165) is 25.4 Å². The van der Waals surface area contributed by atoms with E-state index in [2.05, 4.69) is 17.5 Å². The Hall–Kier alpha value is -1.95. The number of aliphatic imine (C=N–C) groups is 1. The Bertz CT molecular complexity index is 907. The Balaban J connectivity index is 1.90. The van der Waals surface area contributed by atoms with Gasteiger partial charge in [-0.3, -0.25) is 0 Å². The van der Waals surface area contributed by atoms with Crippen molar-refractivity contribution in [1.29, 1.82) is 0 Å². The molecular formula is C22H18FNS3. The molecule has 0 heterocycles. The SMILES string of the molecule is CSC(=CSc1ccc(F)cc1)C(=Nc1ccccc1)Sc1ccccc1. The lowest BCUT2D eigenvalue weighted by molar-refractivity contribution is 0.626. The number of halogens is 1. The Morgan fingerprint density at radius 1 is 0.815 bits per heavy atom. The van der Waals surface area contributed by atoms with E-state index in [-0.39, 0.29) is 5.82 Å². The number of rotatable bonds is 6. The fourth-order valence-electron chi connectivity index (χ4n) is 2.17. The van der Waals surface area contributed by atoms with Crippen LogP contribution in [0.2, 0.25) is 0 Å². The molecule has 0 saturated carbocycles. The van der Waals surface area contributed by atoms with Gasteiger partial charge in [0.15, 0.2) is 0 Å². The van der Waals surface area contributed by atoms with Crippen molar-refractivity contribution in [3.8, 4) is 0 Å². The highest BCUT2D eigenvalue weighted by molar-refractivity contribution is 8.18. The van der Waals surface area contributed by atoms with Gasteiger partial charge in [-0.15, -0.1) is 11.8 Å². The molecule has 0 fully saturated rings. The molecular weight excluding hydrogens is 393 g/mol. The zero-order chi connectivity index (χ0) is 18.9. The largest absolute Gasteiger partial charge is 0.241 e. The van der Waals surface area contributed by atoms with Crippen molar-refractivity contribution >= 4 is 46.0 Å². The van der Waals surface area contributed by atoms with Crippen molar-refractivity contribution in [1.82, 2.24) is 0 Å². The number of hydrogen-bond donors (Lipinski definition) is 0. The Morgan fingerprint density at radius 2 is 1.44 bits per heavy atom.